The number of nitrogens with one attached hydrogen (secondary N) is 1. The van der Waals surface area contributed by atoms with Crippen LogP contribution in [0.25, 0.3) is 0 Å². The molecule has 7 nitrogen and oxygen atoms in total. The Morgan fingerprint density at radius 1 is 1.33 bits per heavy atom. The predicted octanol–water partition coefficient (Wildman–Crippen LogP) is 0.992. The van der Waals surface area contributed by atoms with E-state index in [0.29, 0.717) is 11.5 Å². The maximum Gasteiger partial charge on any atom is 0.363 e. The van der Waals surface area contributed by atoms with Crippen molar-refractivity contribution in [2.24, 2.45) is 0 Å². The van der Waals surface area contributed by atoms with Gasteiger partial charge in [0.15, 0.2) is 0 Å². The molecule has 0 heterocycles. The first-order valence-electron chi connectivity index (χ1n) is 6.17. The second-order valence-corrected chi connectivity index (χ2v) is 3.75. The van der Waals surface area contributed by atoms with Gasteiger partial charge in [-0.25, -0.2) is 4.79 Å². The third-order valence-corrected chi connectivity index (χ3v) is 2.29. The van der Waals surface area contributed by atoms with Crippen LogP contribution in [-0.2, 0) is 24.0 Å². The first kappa shape index (κ1) is 18.3. The molecule has 0 aromatic carbocycles. The molecule has 0 aliphatic rings. The average molecular weight is 294 g/mol. The van der Waals surface area contributed by atoms with E-state index in [1.807, 2.05) is 0 Å². The second-order valence-electron chi connectivity index (χ2n) is 3.75. The number of amides is 3. The van der Waals surface area contributed by atoms with Crippen molar-refractivity contribution in [3.05, 3.63) is 36.1 Å². The van der Waals surface area contributed by atoms with Crippen LogP contribution in [0.15, 0.2) is 36.1 Å². The number of nitrogens with zero attached hydrogens (tertiary/aromatic N) is 1. The van der Waals surface area contributed by atoms with Crippen molar-refractivity contribution in [2.75, 3.05) is 0 Å². The van der Waals surface area contributed by atoms with E-state index in [-0.39, 0.29) is 17.7 Å². The van der Waals surface area contributed by atoms with Crippen LogP contribution in [-0.4, -0.2) is 29.3 Å². The number of carbonyl (C=O) groups is 4. The average Bonchev–Trinajstić information content (AvgIpc) is 2.47. The molecule has 0 radical (unpaired) electrons. The zero-order valence-corrected chi connectivity index (χ0v) is 12.2. The van der Waals surface area contributed by atoms with E-state index in [1.165, 1.54) is 25.2 Å². The molecule has 0 atom stereocenters. The van der Waals surface area contributed by atoms with Gasteiger partial charge >= 0.3 is 5.97 Å². The molecule has 0 aromatic rings. The maximum absolute atomic E-state index is 11.9. The van der Waals surface area contributed by atoms with Crippen LogP contribution in [0, 0.1) is 0 Å². The molecular weight excluding hydrogens is 276 g/mol. The van der Waals surface area contributed by atoms with Crippen molar-refractivity contribution in [3.63, 3.8) is 0 Å². The van der Waals surface area contributed by atoms with Gasteiger partial charge in [-0.05, 0) is 19.1 Å². The van der Waals surface area contributed by atoms with Crippen LogP contribution in [0.5, 0.6) is 0 Å². The zero-order valence-electron chi connectivity index (χ0n) is 12.2. The minimum Gasteiger partial charge on any atom is -0.329 e. The third kappa shape index (κ3) is 5.85. The van der Waals surface area contributed by atoms with E-state index in [0.717, 1.165) is 6.92 Å². The SMILES string of the molecule is C=C/C(=C\C(=C/C)C(=O)ON(C(C)=O)C(=O)CC)NC=O. The van der Waals surface area contributed by atoms with Crippen molar-refractivity contribution >= 4 is 24.2 Å². The van der Waals surface area contributed by atoms with Gasteiger partial charge in [0.05, 0.1) is 5.57 Å². The number of carbonyl (C=O) groups excluding carboxylic acids is 4. The van der Waals surface area contributed by atoms with E-state index in [1.54, 1.807) is 6.92 Å². The lowest BCUT2D eigenvalue weighted by atomic mass is 10.2. The Morgan fingerprint density at radius 2 is 1.95 bits per heavy atom. The number of hydrogen-bond acceptors (Lipinski definition) is 5. The Labute approximate surface area is 122 Å². The molecule has 0 unspecified atom stereocenters. The smallest absolute Gasteiger partial charge is 0.329 e. The van der Waals surface area contributed by atoms with E-state index < -0.39 is 17.8 Å². The summed E-state index contributed by atoms with van der Waals surface area (Å²) in [5.74, 6) is -2.24. The number of allylic oxidation sites excluding steroid dienone is 2. The lowest BCUT2D eigenvalue weighted by molar-refractivity contribution is -0.198. The fourth-order valence-electron chi connectivity index (χ4n) is 1.23. The summed E-state index contributed by atoms with van der Waals surface area (Å²) >= 11 is 0. The number of rotatable bonds is 6. The number of hydroxylamine groups is 2. The standard InChI is InChI=1S/C14H18N2O5/c1-5-11(8-12(6-2)15-9-17)14(20)21-16(10(4)18)13(19)7-3/h5-6,8-9H,2,7H2,1,3-4H3,(H,15,17)/b11-5+,12-8+. The minimum absolute atomic E-state index is 0.0124. The third-order valence-electron chi connectivity index (χ3n) is 2.29. The van der Waals surface area contributed by atoms with Crippen molar-refractivity contribution in [1.29, 1.82) is 0 Å². The number of hydrogen-bond donors (Lipinski definition) is 1. The van der Waals surface area contributed by atoms with Gasteiger partial charge in [-0.15, -0.1) is 5.06 Å². The van der Waals surface area contributed by atoms with Crippen molar-refractivity contribution in [1.82, 2.24) is 10.4 Å². The lowest BCUT2D eigenvalue weighted by Gasteiger charge is -2.17. The highest BCUT2D eigenvalue weighted by Crippen LogP contribution is 2.07. The Kier molecular flexibility index (Phi) is 8.05. The summed E-state index contributed by atoms with van der Waals surface area (Å²) in [5.41, 5.74) is 0.320. The Morgan fingerprint density at radius 3 is 2.33 bits per heavy atom. The Balaban J connectivity index is 5.19. The lowest BCUT2D eigenvalue weighted by Crippen LogP contribution is -2.37. The highest BCUT2D eigenvalue weighted by Gasteiger charge is 2.22. The Hall–Kier alpha value is -2.70. The van der Waals surface area contributed by atoms with E-state index in [4.69, 9.17) is 4.84 Å². The monoisotopic (exact) mass is 294 g/mol. The molecule has 0 fully saturated rings. The Bertz CT molecular complexity index is 505. The molecule has 1 N–H and O–H groups in total. The van der Waals surface area contributed by atoms with Gasteiger partial charge in [-0.3, -0.25) is 14.4 Å². The summed E-state index contributed by atoms with van der Waals surface area (Å²) in [6, 6.07) is 0. The fraction of sp³-hybridized carbons (Fsp3) is 0.286. The van der Waals surface area contributed by atoms with Crippen LogP contribution in [0.4, 0.5) is 0 Å². The van der Waals surface area contributed by atoms with Gasteiger partial charge in [-0.2, -0.15) is 0 Å². The molecule has 21 heavy (non-hydrogen) atoms. The quantitative estimate of drug-likeness (QED) is 0.341. The molecule has 3 amide bonds. The molecule has 0 saturated carbocycles. The fourth-order valence-corrected chi connectivity index (χ4v) is 1.23. The molecule has 0 bridgehead atoms. The molecule has 0 aliphatic carbocycles. The molecule has 0 spiro atoms. The molecule has 114 valence electrons. The molecule has 0 saturated heterocycles. The first-order valence-corrected chi connectivity index (χ1v) is 6.17. The maximum atomic E-state index is 11.9. The van der Waals surface area contributed by atoms with Crippen molar-refractivity contribution < 1.29 is 24.0 Å². The van der Waals surface area contributed by atoms with Gasteiger partial charge in [0, 0.05) is 19.0 Å². The largest absolute Gasteiger partial charge is 0.363 e. The predicted molar refractivity (Wildman–Crippen MR) is 75.1 cm³/mol. The van der Waals surface area contributed by atoms with E-state index in [2.05, 4.69) is 11.9 Å². The topological polar surface area (TPSA) is 92.8 Å². The first-order chi connectivity index (χ1) is 9.90. The summed E-state index contributed by atoms with van der Waals surface area (Å²) in [4.78, 5) is 49.9. The normalized spacial score (nSPS) is 11.4. The van der Waals surface area contributed by atoms with Gasteiger partial charge < -0.3 is 10.2 Å². The molecule has 0 aliphatic heterocycles. The van der Waals surface area contributed by atoms with Gasteiger partial charge in [0.25, 0.3) is 11.8 Å². The van der Waals surface area contributed by atoms with Crippen molar-refractivity contribution in [2.45, 2.75) is 27.2 Å². The van der Waals surface area contributed by atoms with Gasteiger partial charge in [0.1, 0.15) is 0 Å². The van der Waals surface area contributed by atoms with Crippen LogP contribution in [0.3, 0.4) is 0 Å². The highest BCUT2D eigenvalue weighted by atomic mass is 16.7. The van der Waals surface area contributed by atoms with Crippen LogP contribution < -0.4 is 5.32 Å². The summed E-state index contributed by atoms with van der Waals surface area (Å²) in [6.07, 6.45) is 4.48. The number of imide groups is 1. The van der Waals surface area contributed by atoms with Gasteiger partial charge in [-0.1, -0.05) is 19.6 Å². The molecule has 0 aromatic heterocycles. The van der Waals surface area contributed by atoms with E-state index >= 15 is 0 Å². The van der Waals surface area contributed by atoms with E-state index in [9.17, 15) is 19.2 Å². The summed E-state index contributed by atoms with van der Waals surface area (Å²) in [6.45, 7) is 7.67. The van der Waals surface area contributed by atoms with Crippen LogP contribution in [0.1, 0.15) is 27.2 Å². The van der Waals surface area contributed by atoms with Crippen LogP contribution >= 0.6 is 0 Å². The van der Waals surface area contributed by atoms with Crippen molar-refractivity contribution in [3.8, 4) is 0 Å². The molecule has 0 rings (SSSR count). The summed E-state index contributed by atoms with van der Waals surface area (Å²) in [7, 11) is 0. The van der Waals surface area contributed by atoms with Crippen LogP contribution in [0.2, 0.25) is 0 Å². The minimum atomic E-state index is -0.901. The highest BCUT2D eigenvalue weighted by molar-refractivity contribution is 5.97. The summed E-state index contributed by atoms with van der Waals surface area (Å²) in [5, 5.41) is 2.73. The molecule has 7 heteroatoms. The van der Waals surface area contributed by atoms with Gasteiger partial charge in [0.2, 0.25) is 6.41 Å². The second kappa shape index (κ2) is 9.24. The zero-order chi connectivity index (χ0) is 16.4. The summed E-state index contributed by atoms with van der Waals surface area (Å²) < 4.78 is 0. The molecular formula is C14H18N2O5.